The van der Waals surface area contributed by atoms with E-state index < -0.39 is 12.7 Å². The molecule has 10 nitrogen and oxygen atoms in total. The maximum absolute atomic E-state index is 14.9. The molecule has 6 rings (SSSR count). The van der Waals surface area contributed by atoms with Crippen LogP contribution in [0.3, 0.4) is 0 Å². The number of nitrogens with zero attached hydrogens (tertiary/aromatic N) is 8. The molecule has 3 unspecified atom stereocenters. The first-order chi connectivity index (χ1) is 23.7. The van der Waals surface area contributed by atoms with Crippen LogP contribution in [0.25, 0.3) is 11.0 Å². The maximum atomic E-state index is 14.9. The number of halogens is 4. The Morgan fingerprint density at radius 3 is 2.55 bits per heavy atom. The number of ether oxygens (including phenoxy) is 1. The molecule has 14 heteroatoms. The van der Waals surface area contributed by atoms with Crippen molar-refractivity contribution in [1.29, 1.82) is 0 Å². The minimum Gasteiger partial charge on any atom is -0.496 e. The van der Waals surface area contributed by atoms with Crippen molar-refractivity contribution >= 4 is 29.1 Å². The third-order valence-electron chi connectivity index (χ3n) is 9.11. The summed E-state index contributed by atoms with van der Waals surface area (Å²) >= 11 is 0. The smallest absolute Gasteiger partial charge is 0.288 e. The van der Waals surface area contributed by atoms with Gasteiger partial charge >= 0.3 is 0 Å². The molecule has 2 aliphatic heterocycles. The number of para-hydroxylation sites is 2. The Kier molecular flexibility index (Phi) is 10.5. The first kappa shape index (κ1) is 34.0. The first-order valence-electron chi connectivity index (χ1n) is 16.2. The predicted octanol–water partition coefficient (Wildman–Crippen LogP) is 6.87. The van der Waals surface area contributed by atoms with Crippen molar-refractivity contribution in [3.63, 3.8) is 0 Å². The lowest BCUT2D eigenvalue weighted by atomic mass is 9.94. The summed E-state index contributed by atoms with van der Waals surface area (Å²) in [7, 11) is 3.24. The highest BCUT2D eigenvalue weighted by Crippen LogP contribution is 2.32. The molecule has 0 bridgehead atoms. The Morgan fingerprint density at radius 1 is 1.02 bits per heavy atom. The fourth-order valence-electron chi connectivity index (χ4n) is 6.50. The normalized spacial score (nSPS) is 17.9. The molecule has 1 saturated heterocycles. The molecule has 3 heterocycles. The molecule has 2 aliphatic rings. The van der Waals surface area contributed by atoms with Crippen LogP contribution >= 0.6 is 0 Å². The van der Waals surface area contributed by atoms with Gasteiger partial charge in [0.05, 0.1) is 29.9 Å². The zero-order valence-electron chi connectivity index (χ0n) is 27.3. The summed E-state index contributed by atoms with van der Waals surface area (Å²) in [6.07, 6.45) is -2.72. The second-order valence-electron chi connectivity index (χ2n) is 12.3. The van der Waals surface area contributed by atoms with Gasteiger partial charge in [0.2, 0.25) is 12.2 Å². The summed E-state index contributed by atoms with van der Waals surface area (Å²) in [6.45, 7) is 3.37. The van der Waals surface area contributed by atoms with Crippen LogP contribution in [-0.4, -0.2) is 91.3 Å². The average molecular weight is 679 g/mol. The maximum Gasteiger partial charge on any atom is 0.288 e. The van der Waals surface area contributed by atoms with E-state index in [1.54, 1.807) is 66.7 Å². The van der Waals surface area contributed by atoms with E-state index in [9.17, 15) is 22.4 Å². The second-order valence-corrected chi connectivity index (χ2v) is 12.3. The Morgan fingerprint density at radius 2 is 1.82 bits per heavy atom. The number of fused-ring (bicyclic) bond motifs is 1. The molecule has 3 atom stereocenters. The van der Waals surface area contributed by atoms with Crippen molar-refractivity contribution in [2.45, 2.75) is 37.5 Å². The van der Waals surface area contributed by atoms with Crippen molar-refractivity contribution in [3.05, 3.63) is 89.2 Å². The molecule has 49 heavy (non-hydrogen) atoms. The van der Waals surface area contributed by atoms with E-state index in [4.69, 9.17) is 4.74 Å². The van der Waals surface area contributed by atoms with E-state index >= 15 is 0 Å². The minimum atomic E-state index is -3.19. The van der Waals surface area contributed by atoms with Gasteiger partial charge in [-0.15, -0.1) is 5.10 Å². The molecule has 0 N–H and O–H groups in total. The van der Waals surface area contributed by atoms with Crippen LogP contribution in [0.5, 0.6) is 5.75 Å². The van der Waals surface area contributed by atoms with E-state index in [2.05, 4.69) is 25.3 Å². The molecule has 258 valence electrons. The van der Waals surface area contributed by atoms with Gasteiger partial charge in [-0.05, 0) is 78.7 Å². The van der Waals surface area contributed by atoms with Crippen molar-refractivity contribution in [2.24, 2.45) is 15.4 Å². The molecule has 0 saturated carbocycles. The van der Waals surface area contributed by atoms with E-state index in [0.717, 1.165) is 28.7 Å². The van der Waals surface area contributed by atoms with Crippen LogP contribution in [0.4, 0.5) is 23.5 Å². The van der Waals surface area contributed by atoms with Gasteiger partial charge in [-0.3, -0.25) is 9.36 Å². The zero-order valence-corrected chi connectivity index (χ0v) is 27.3. The van der Waals surface area contributed by atoms with Gasteiger partial charge in [0.15, 0.2) is 0 Å². The average Bonchev–Trinajstić information content (AvgIpc) is 3.73. The number of methoxy groups -OCH3 is 1. The molecule has 0 radical (unpaired) electrons. The molecule has 1 amide bonds. The Labute approximate surface area is 281 Å². The van der Waals surface area contributed by atoms with Crippen LogP contribution in [0.1, 0.15) is 52.6 Å². The number of amides is 1. The highest BCUT2D eigenvalue weighted by Gasteiger charge is 2.30. The van der Waals surface area contributed by atoms with Gasteiger partial charge in [0.25, 0.3) is 12.3 Å². The third kappa shape index (κ3) is 7.58. The number of hydrogen-bond acceptors (Lipinski definition) is 8. The van der Waals surface area contributed by atoms with Crippen LogP contribution in [0, 0.1) is 5.82 Å². The molecule has 0 aliphatic carbocycles. The van der Waals surface area contributed by atoms with Crippen LogP contribution in [-0.2, 0) is 0 Å². The molecule has 1 aromatic heterocycles. The van der Waals surface area contributed by atoms with Gasteiger partial charge in [-0.2, -0.15) is 5.11 Å². The van der Waals surface area contributed by atoms with Crippen LogP contribution < -0.4 is 9.64 Å². The lowest BCUT2D eigenvalue weighted by molar-refractivity contribution is 0.0110. The standard InChI is InChI=1S/C35H38F4N8O2/c1-44(34(48)27-20-24(10-13-31(27)49-2)29-21-40-43-42-29)22-25(23-8-11-26(36)12-9-23)14-17-45-15-5-16-46(19-18-45)35-41-28-6-3-4-7-30(28)47(35)33(39)32(37)38/h3-4,6-13,20-21,25,29,32-33H,5,14-19,22H2,1-2H3. The molecular weight excluding hydrogens is 640 g/mol. The zero-order chi connectivity index (χ0) is 34.5. The van der Waals surface area contributed by atoms with Crippen molar-refractivity contribution in [3.8, 4) is 5.75 Å². The summed E-state index contributed by atoms with van der Waals surface area (Å²) in [4.78, 5) is 24.2. The van der Waals surface area contributed by atoms with Gasteiger partial charge in [0.1, 0.15) is 17.6 Å². The fourth-order valence-corrected chi connectivity index (χ4v) is 6.50. The largest absolute Gasteiger partial charge is 0.496 e. The number of likely N-dealkylation sites (N-methyl/N-ethyl adjacent to an activating group) is 1. The van der Waals surface area contributed by atoms with Crippen molar-refractivity contribution in [2.75, 3.05) is 58.3 Å². The van der Waals surface area contributed by atoms with E-state index in [0.29, 0.717) is 61.5 Å². The number of rotatable bonds is 12. The number of aromatic nitrogens is 2. The Balaban J connectivity index is 1.16. The highest BCUT2D eigenvalue weighted by atomic mass is 19.3. The van der Waals surface area contributed by atoms with Crippen LogP contribution in [0.15, 0.2) is 82.2 Å². The number of imidazole rings is 1. The Hall–Kier alpha value is -4.85. The molecule has 0 spiro atoms. The summed E-state index contributed by atoms with van der Waals surface area (Å²) in [5, 5.41) is 11.6. The van der Waals surface area contributed by atoms with Gasteiger partial charge in [-0.1, -0.05) is 30.3 Å². The van der Waals surface area contributed by atoms with E-state index in [1.807, 2.05) is 11.0 Å². The number of carbonyl (C=O) groups is 1. The van der Waals surface area contributed by atoms with Gasteiger partial charge < -0.3 is 19.4 Å². The summed E-state index contributed by atoms with van der Waals surface area (Å²) in [5.41, 5.74) is 2.84. The third-order valence-corrected chi connectivity index (χ3v) is 9.11. The monoisotopic (exact) mass is 678 g/mol. The summed E-state index contributed by atoms with van der Waals surface area (Å²) < 4.78 is 62.5. The summed E-state index contributed by atoms with van der Waals surface area (Å²) in [6, 6.07) is 18.0. The topological polar surface area (TPSA) is 90.9 Å². The number of alkyl halides is 3. The molecule has 1 fully saturated rings. The van der Waals surface area contributed by atoms with Crippen molar-refractivity contribution < 1.29 is 27.1 Å². The van der Waals surface area contributed by atoms with E-state index in [1.165, 1.54) is 19.2 Å². The molecular formula is C35H38F4N8O2. The van der Waals surface area contributed by atoms with Gasteiger partial charge in [-0.25, -0.2) is 22.5 Å². The first-order valence-corrected chi connectivity index (χ1v) is 16.2. The summed E-state index contributed by atoms with van der Waals surface area (Å²) in [5.74, 6) is -0.0755. The molecule has 3 aromatic carbocycles. The number of benzene rings is 3. The van der Waals surface area contributed by atoms with Gasteiger partial charge in [0, 0.05) is 39.1 Å². The predicted molar refractivity (Wildman–Crippen MR) is 179 cm³/mol. The number of carbonyl (C=O) groups excluding carboxylic acids is 1. The van der Waals surface area contributed by atoms with Crippen LogP contribution in [0.2, 0.25) is 0 Å². The minimum absolute atomic E-state index is 0.124. The number of hydrogen-bond donors (Lipinski definition) is 0. The SMILES string of the molecule is COc1ccc(C2C=NN=N2)cc1C(=O)N(C)CC(CCN1CCCN(c2nc3ccccc3n2C(F)C(F)F)CC1)c1ccc(F)cc1. The number of anilines is 1. The molecule has 4 aromatic rings. The lowest BCUT2D eigenvalue weighted by Crippen LogP contribution is -2.35. The lowest BCUT2D eigenvalue weighted by Gasteiger charge is -2.28. The fraction of sp³-hybridized carbons (Fsp3) is 0.400. The quantitative estimate of drug-likeness (QED) is 0.153. The van der Waals surface area contributed by atoms with E-state index in [-0.39, 0.29) is 29.6 Å². The van der Waals surface area contributed by atoms with Crippen molar-refractivity contribution in [1.82, 2.24) is 19.4 Å². The Bertz CT molecular complexity index is 1800. The highest BCUT2D eigenvalue weighted by molar-refractivity contribution is 5.97. The second kappa shape index (κ2) is 15.1.